The van der Waals surface area contributed by atoms with E-state index in [9.17, 15) is 9.59 Å². The minimum absolute atomic E-state index is 0.338. The number of nitrogens with zero attached hydrogens (tertiary/aromatic N) is 5. The van der Waals surface area contributed by atoms with E-state index in [0.29, 0.717) is 22.2 Å². The molecule has 8 nitrogen and oxygen atoms in total. The molecule has 4 aromatic rings. The van der Waals surface area contributed by atoms with Crippen LogP contribution in [-0.2, 0) is 4.74 Å². The van der Waals surface area contributed by atoms with E-state index in [4.69, 9.17) is 4.74 Å². The quantitative estimate of drug-likeness (QED) is 0.404. The highest BCUT2D eigenvalue weighted by molar-refractivity contribution is 5.99. The standard InChI is InChI=1S/C20H15N5O3/c1-28-20(27)16-10-6-5-7-14(16)11-22-24-13-21-18-17(19(24)26)12-23-25(18)15-8-3-2-4-9-15/h2-13H,1H3/b22-11-. The molecular formula is C20H15N5O3. The summed E-state index contributed by atoms with van der Waals surface area (Å²) in [5, 5.41) is 8.76. The minimum atomic E-state index is -0.480. The van der Waals surface area contributed by atoms with Gasteiger partial charge in [-0.15, -0.1) is 0 Å². The molecule has 0 aliphatic carbocycles. The van der Waals surface area contributed by atoms with Crippen LogP contribution in [0, 0.1) is 0 Å². The maximum Gasteiger partial charge on any atom is 0.338 e. The molecular weight excluding hydrogens is 358 g/mol. The predicted molar refractivity (Wildman–Crippen MR) is 104 cm³/mol. The Balaban J connectivity index is 1.74. The second kappa shape index (κ2) is 7.28. The third kappa shape index (κ3) is 3.07. The molecule has 0 aliphatic rings. The molecule has 0 aliphatic heterocycles. The van der Waals surface area contributed by atoms with E-state index in [2.05, 4.69) is 15.2 Å². The predicted octanol–water partition coefficient (Wildman–Crippen LogP) is 2.25. The molecule has 0 fully saturated rings. The van der Waals surface area contributed by atoms with Gasteiger partial charge in [0.15, 0.2) is 5.65 Å². The van der Waals surface area contributed by atoms with E-state index < -0.39 is 5.97 Å². The van der Waals surface area contributed by atoms with E-state index in [1.807, 2.05) is 30.3 Å². The average Bonchev–Trinajstić information content (AvgIpc) is 3.18. The maximum atomic E-state index is 12.7. The van der Waals surface area contributed by atoms with E-state index in [0.717, 1.165) is 10.4 Å². The molecule has 28 heavy (non-hydrogen) atoms. The summed E-state index contributed by atoms with van der Waals surface area (Å²) in [5.74, 6) is -0.480. The largest absolute Gasteiger partial charge is 0.465 e. The summed E-state index contributed by atoms with van der Waals surface area (Å²) in [6.45, 7) is 0. The Bertz CT molecular complexity index is 1240. The van der Waals surface area contributed by atoms with Gasteiger partial charge in [-0.25, -0.2) is 14.5 Å². The van der Waals surface area contributed by atoms with Crippen LogP contribution in [0.5, 0.6) is 0 Å². The number of para-hydroxylation sites is 1. The zero-order chi connectivity index (χ0) is 19.5. The van der Waals surface area contributed by atoms with Gasteiger partial charge in [0.05, 0.1) is 30.8 Å². The fourth-order valence-corrected chi connectivity index (χ4v) is 2.77. The number of aromatic nitrogens is 4. The monoisotopic (exact) mass is 373 g/mol. The molecule has 0 bridgehead atoms. The van der Waals surface area contributed by atoms with Crippen molar-refractivity contribution in [1.82, 2.24) is 19.4 Å². The first-order valence-electron chi connectivity index (χ1n) is 8.41. The van der Waals surface area contributed by atoms with Crippen molar-refractivity contribution < 1.29 is 9.53 Å². The van der Waals surface area contributed by atoms with Crippen LogP contribution in [0.3, 0.4) is 0 Å². The molecule has 0 saturated carbocycles. The number of benzene rings is 2. The van der Waals surface area contributed by atoms with E-state index in [1.165, 1.54) is 25.8 Å². The van der Waals surface area contributed by atoms with Gasteiger partial charge in [0, 0.05) is 5.56 Å². The normalized spacial score (nSPS) is 11.2. The van der Waals surface area contributed by atoms with Crippen molar-refractivity contribution in [2.45, 2.75) is 0 Å². The number of esters is 1. The number of carbonyl (C=O) groups is 1. The SMILES string of the molecule is COC(=O)c1ccccc1/C=N\n1cnc2c(cnn2-c2ccccc2)c1=O. The van der Waals surface area contributed by atoms with Crippen LogP contribution in [0.25, 0.3) is 16.7 Å². The van der Waals surface area contributed by atoms with Crippen LogP contribution >= 0.6 is 0 Å². The number of fused-ring (bicyclic) bond motifs is 1. The summed E-state index contributed by atoms with van der Waals surface area (Å²) in [5.41, 5.74) is 1.77. The highest BCUT2D eigenvalue weighted by Gasteiger charge is 2.12. The molecule has 0 saturated heterocycles. The summed E-state index contributed by atoms with van der Waals surface area (Å²) in [7, 11) is 1.31. The highest BCUT2D eigenvalue weighted by Crippen LogP contribution is 2.13. The van der Waals surface area contributed by atoms with Gasteiger partial charge >= 0.3 is 5.97 Å². The molecule has 0 unspecified atom stereocenters. The van der Waals surface area contributed by atoms with Crippen molar-refractivity contribution in [1.29, 1.82) is 0 Å². The number of hydrogen-bond acceptors (Lipinski definition) is 6. The molecule has 2 heterocycles. The van der Waals surface area contributed by atoms with Gasteiger partial charge in [-0.2, -0.15) is 14.9 Å². The molecule has 138 valence electrons. The summed E-state index contributed by atoms with van der Waals surface area (Å²) < 4.78 is 7.46. The first kappa shape index (κ1) is 17.3. The van der Waals surface area contributed by atoms with Crippen molar-refractivity contribution in [3.63, 3.8) is 0 Å². The van der Waals surface area contributed by atoms with Crippen molar-refractivity contribution in [2.24, 2.45) is 5.10 Å². The zero-order valence-corrected chi connectivity index (χ0v) is 14.9. The third-order valence-corrected chi connectivity index (χ3v) is 4.16. The zero-order valence-electron chi connectivity index (χ0n) is 14.9. The lowest BCUT2D eigenvalue weighted by Gasteiger charge is -2.04. The van der Waals surface area contributed by atoms with Crippen molar-refractivity contribution in [2.75, 3.05) is 7.11 Å². The molecule has 0 radical (unpaired) electrons. The Hall–Kier alpha value is -4.07. The number of carbonyl (C=O) groups excluding carboxylic acids is 1. The molecule has 2 aromatic carbocycles. The Morgan fingerprint density at radius 2 is 1.86 bits per heavy atom. The number of methoxy groups -OCH3 is 1. The topological polar surface area (TPSA) is 91.4 Å². The van der Waals surface area contributed by atoms with Crippen LogP contribution in [0.2, 0.25) is 0 Å². The third-order valence-electron chi connectivity index (χ3n) is 4.16. The van der Waals surface area contributed by atoms with Gasteiger partial charge in [-0.05, 0) is 18.2 Å². The van der Waals surface area contributed by atoms with Gasteiger partial charge < -0.3 is 4.74 Å². The first-order chi connectivity index (χ1) is 13.7. The lowest BCUT2D eigenvalue weighted by atomic mass is 10.1. The number of ether oxygens (including phenoxy) is 1. The molecule has 0 amide bonds. The fourth-order valence-electron chi connectivity index (χ4n) is 2.77. The van der Waals surface area contributed by atoms with Gasteiger partial charge in [-0.1, -0.05) is 36.4 Å². The maximum absolute atomic E-state index is 12.7. The molecule has 0 spiro atoms. The van der Waals surface area contributed by atoms with Gasteiger partial charge in [0.25, 0.3) is 5.56 Å². The lowest BCUT2D eigenvalue weighted by molar-refractivity contribution is 0.0600. The van der Waals surface area contributed by atoms with Crippen molar-refractivity contribution >= 4 is 23.2 Å². The van der Waals surface area contributed by atoms with Gasteiger partial charge in [0.1, 0.15) is 11.7 Å². The Morgan fingerprint density at radius 3 is 2.64 bits per heavy atom. The van der Waals surface area contributed by atoms with E-state index >= 15 is 0 Å². The summed E-state index contributed by atoms with van der Waals surface area (Å²) in [6.07, 6.45) is 4.21. The molecule has 4 rings (SSSR count). The highest BCUT2D eigenvalue weighted by atomic mass is 16.5. The van der Waals surface area contributed by atoms with Crippen LogP contribution in [-0.4, -0.2) is 38.7 Å². The Morgan fingerprint density at radius 1 is 1.11 bits per heavy atom. The molecule has 2 aromatic heterocycles. The van der Waals surface area contributed by atoms with Crippen LogP contribution < -0.4 is 5.56 Å². The van der Waals surface area contributed by atoms with Crippen molar-refractivity contribution in [3.05, 3.63) is 88.6 Å². The average molecular weight is 373 g/mol. The second-order valence-corrected chi connectivity index (χ2v) is 5.85. The molecule has 0 N–H and O–H groups in total. The first-order valence-corrected chi connectivity index (χ1v) is 8.41. The van der Waals surface area contributed by atoms with Crippen LogP contribution in [0.15, 0.2) is 77.0 Å². The number of rotatable bonds is 4. The van der Waals surface area contributed by atoms with Crippen LogP contribution in [0.1, 0.15) is 15.9 Å². The van der Waals surface area contributed by atoms with Gasteiger partial charge in [-0.3, -0.25) is 4.79 Å². The second-order valence-electron chi connectivity index (χ2n) is 5.85. The summed E-state index contributed by atoms with van der Waals surface area (Å²) >= 11 is 0. The Kier molecular flexibility index (Phi) is 4.51. The number of hydrogen-bond donors (Lipinski definition) is 0. The van der Waals surface area contributed by atoms with E-state index in [1.54, 1.807) is 28.9 Å². The molecule has 8 heteroatoms. The van der Waals surface area contributed by atoms with Crippen molar-refractivity contribution in [3.8, 4) is 5.69 Å². The summed E-state index contributed by atoms with van der Waals surface area (Å²) in [4.78, 5) is 28.9. The fraction of sp³-hybridized carbons (Fsp3) is 0.0500. The van der Waals surface area contributed by atoms with Crippen LogP contribution in [0.4, 0.5) is 0 Å². The minimum Gasteiger partial charge on any atom is -0.465 e. The summed E-state index contributed by atoms with van der Waals surface area (Å²) in [6, 6.07) is 16.2. The smallest absolute Gasteiger partial charge is 0.338 e. The molecule has 0 atom stereocenters. The lowest BCUT2D eigenvalue weighted by Crippen LogP contribution is -2.17. The van der Waals surface area contributed by atoms with E-state index in [-0.39, 0.29) is 5.56 Å². The Labute approximate surface area is 159 Å². The van der Waals surface area contributed by atoms with Gasteiger partial charge in [0.2, 0.25) is 0 Å².